The lowest BCUT2D eigenvalue weighted by Crippen LogP contribution is -2.38. The van der Waals surface area contributed by atoms with Gasteiger partial charge in [0.05, 0.1) is 0 Å². The summed E-state index contributed by atoms with van der Waals surface area (Å²) in [5.74, 6) is 1.61. The number of rotatable bonds is 9. The number of likely N-dealkylation sites (tertiary alicyclic amines) is 1. The van der Waals surface area contributed by atoms with Gasteiger partial charge in [-0.2, -0.15) is 0 Å². The van der Waals surface area contributed by atoms with Crippen molar-refractivity contribution in [1.82, 2.24) is 15.1 Å². The van der Waals surface area contributed by atoms with Gasteiger partial charge in [-0.3, -0.25) is 4.79 Å². The Hall–Kier alpha value is -4.03. The van der Waals surface area contributed by atoms with Crippen LogP contribution in [0.2, 0.25) is 0 Å². The van der Waals surface area contributed by atoms with Gasteiger partial charge in [-0.15, -0.1) is 0 Å². The minimum absolute atomic E-state index is 0.0178. The van der Waals surface area contributed by atoms with Crippen molar-refractivity contribution in [2.75, 3.05) is 32.7 Å². The Morgan fingerprint density at radius 3 is 2.56 bits per heavy atom. The number of benzene rings is 3. The van der Waals surface area contributed by atoms with E-state index in [9.17, 15) is 9.90 Å². The molecule has 5 rings (SSSR count). The second-order valence-electron chi connectivity index (χ2n) is 10.4. The van der Waals surface area contributed by atoms with Crippen LogP contribution in [0.5, 0.6) is 5.75 Å². The molecule has 2 aliphatic heterocycles. The van der Waals surface area contributed by atoms with Crippen LogP contribution in [0.3, 0.4) is 0 Å². The Morgan fingerprint density at radius 2 is 1.77 bits per heavy atom. The fraction of sp³-hybridized carbons (Fsp3) is 0.303. The Morgan fingerprint density at radius 1 is 1.00 bits per heavy atom. The number of phenolic OH excluding ortho intramolecular Hbond substituents is 1. The fourth-order valence-electron chi connectivity index (χ4n) is 5.37. The van der Waals surface area contributed by atoms with Gasteiger partial charge in [0.2, 0.25) is 0 Å². The van der Waals surface area contributed by atoms with Crippen LogP contribution in [0, 0.1) is 0 Å². The summed E-state index contributed by atoms with van der Waals surface area (Å²) in [6.45, 7) is 6.57. The molecule has 1 amide bonds. The van der Waals surface area contributed by atoms with E-state index >= 15 is 0 Å². The molecule has 0 spiro atoms. The molecule has 0 saturated carbocycles. The quantitative estimate of drug-likeness (QED) is 0.365. The van der Waals surface area contributed by atoms with Crippen LogP contribution in [-0.4, -0.2) is 53.5 Å². The van der Waals surface area contributed by atoms with Crippen LogP contribution in [0.1, 0.15) is 58.6 Å². The third-order valence-corrected chi connectivity index (χ3v) is 7.71. The smallest absolute Gasteiger partial charge is 0.251 e. The minimum Gasteiger partial charge on any atom is -0.508 e. The lowest BCUT2D eigenvalue weighted by Gasteiger charge is -2.34. The Kier molecular flexibility index (Phi) is 8.64. The summed E-state index contributed by atoms with van der Waals surface area (Å²) in [4.78, 5) is 17.8. The largest absolute Gasteiger partial charge is 0.508 e. The SMILES string of the molecule is CC(CNC(=O)c1ccccc1C1CCN(CCN2C=COC(c3cccc(O)c3)=C2)CC1)c1ccccc1. The highest BCUT2D eigenvalue weighted by atomic mass is 16.5. The first kappa shape index (κ1) is 26.6. The second-order valence-corrected chi connectivity index (χ2v) is 10.4. The minimum atomic E-state index is 0.0178. The molecule has 3 aromatic rings. The summed E-state index contributed by atoms with van der Waals surface area (Å²) in [6.07, 6.45) is 7.68. The van der Waals surface area contributed by atoms with Crippen molar-refractivity contribution < 1.29 is 14.6 Å². The van der Waals surface area contributed by atoms with Gasteiger partial charge in [-0.05, 0) is 67.1 Å². The molecule has 1 atom stereocenters. The molecule has 2 N–H and O–H groups in total. The Labute approximate surface area is 231 Å². The van der Waals surface area contributed by atoms with E-state index in [1.807, 2.05) is 60.9 Å². The number of ether oxygens (including phenoxy) is 1. The molecule has 1 unspecified atom stereocenters. The number of carbonyl (C=O) groups excluding carboxylic acids is 1. The van der Waals surface area contributed by atoms with Gasteiger partial charge in [0.25, 0.3) is 5.91 Å². The van der Waals surface area contributed by atoms with Crippen LogP contribution in [0.15, 0.2) is 97.5 Å². The summed E-state index contributed by atoms with van der Waals surface area (Å²) in [6, 6.07) is 25.5. The van der Waals surface area contributed by atoms with E-state index in [2.05, 4.69) is 40.2 Å². The van der Waals surface area contributed by atoms with Crippen molar-refractivity contribution in [3.63, 3.8) is 0 Å². The average molecular weight is 524 g/mol. The number of carbonyl (C=O) groups is 1. The number of hydrogen-bond donors (Lipinski definition) is 2. The van der Waals surface area contributed by atoms with Crippen LogP contribution >= 0.6 is 0 Å². The Balaban J connectivity index is 1.13. The summed E-state index contributed by atoms with van der Waals surface area (Å²) in [7, 11) is 0. The number of amides is 1. The van der Waals surface area contributed by atoms with Gasteiger partial charge in [0.1, 0.15) is 17.8 Å². The first-order valence-corrected chi connectivity index (χ1v) is 13.8. The van der Waals surface area contributed by atoms with E-state index in [0.29, 0.717) is 12.5 Å². The van der Waals surface area contributed by atoms with Gasteiger partial charge >= 0.3 is 0 Å². The molecule has 2 aliphatic rings. The summed E-state index contributed by atoms with van der Waals surface area (Å²) < 4.78 is 5.67. The van der Waals surface area contributed by atoms with E-state index in [1.54, 1.807) is 18.4 Å². The number of aromatic hydroxyl groups is 1. The van der Waals surface area contributed by atoms with Crippen molar-refractivity contribution in [3.05, 3.63) is 120 Å². The van der Waals surface area contributed by atoms with Crippen molar-refractivity contribution >= 4 is 11.7 Å². The van der Waals surface area contributed by atoms with E-state index < -0.39 is 0 Å². The van der Waals surface area contributed by atoms with E-state index in [-0.39, 0.29) is 17.6 Å². The van der Waals surface area contributed by atoms with Gasteiger partial charge in [-0.1, -0.05) is 67.6 Å². The average Bonchev–Trinajstić information content (AvgIpc) is 2.99. The van der Waals surface area contributed by atoms with Crippen molar-refractivity contribution in [1.29, 1.82) is 0 Å². The van der Waals surface area contributed by atoms with Gasteiger partial charge in [0.15, 0.2) is 0 Å². The van der Waals surface area contributed by atoms with Gasteiger partial charge < -0.3 is 25.0 Å². The maximum absolute atomic E-state index is 13.2. The number of piperidine rings is 1. The van der Waals surface area contributed by atoms with Crippen molar-refractivity contribution in [2.45, 2.75) is 31.6 Å². The number of hydrogen-bond acceptors (Lipinski definition) is 5. The van der Waals surface area contributed by atoms with Crippen LogP contribution in [0.4, 0.5) is 0 Å². The molecule has 0 bridgehead atoms. The second kappa shape index (κ2) is 12.7. The van der Waals surface area contributed by atoms with E-state index in [0.717, 1.165) is 61.5 Å². The lowest BCUT2D eigenvalue weighted by atomic mass is 9.86. The first-order chi connectivity index (χ1) is 19.1. The first-order valence-electron chi connectivity index (χ1n) is 13.8. The van der Waals surface area contributed by atoms with Crippen LogP contribution < -0.4 is 5.32 Å². The zero-order valence-electron chi connectivity index (χ0n) is 22.5. The molecule has 1 fully saturated rings. The highest BCUT2D eigenvalue weighted by Crippen LogP contribution is 2.31. The molecule has 3 aromatic carbocycles. The molecule has 6 nitrogen and oxygen atoms in total. The van der Waals surface area contributed by atoms with Crippen LogP contribution in [0.25, 0.3) is 5.76 Å². The molecule has 202 valence electrons. The zero-order chi connectivity index (χ0) is 27.0. The maximum atomic E-state index is 13.2. The van der Waals surface area contributed by atoms with E-state index in [4.69, 9.17) is 4.74 Å². The topological polar surface area (TPSA) is 65.0 Å². The predicted octanol–water partition coefficient (Wildman–Crippen LogP) is 5.91. The highest BCUT2D eigenvalue weighted by molar-refractivity contribution is 5.95. The molecule has 2 heterocycles. The normalized spacial score (nSPS) is 16.8. The molecule has 39 heavy (non-hydrogen) atoms. The molecule has 0 aliphatic carbocycles. The molecular formula is C33H37N3O3. The van der Waals surface area contributed by atoms with Crippen molar-refractivity contribution in [2.24, 2.45) is 0 Å². The highest BCUT2D eigenvalue weighted by Gasteiger charge is 2.24. The summed E-state index contributed by atoms with van der Waals surface area (Å²) >= 11 is 0. The van der Waals surface area contributed by atoms with E-state index in [1.165, 1.54) is 5.56 Å². The monoisotopic (exact) mass is 523 g/mol. The molecule has 6 heteroatoms. The fourth-order valence-corrected chi connectivity index (χ4v) is 5.37. The summed E-state index contributed by atoms with van der Waals surface area (Å²) in [5.41, 5.74) is 4.05. The summed E-state index contributed by atoms with van der Waals surface area (Å²) in [5, 5.41) is 13.0. The standard InChI is InChI=1S/C33H37N3O3/c1-25(26-8-3-2-4-9-26)23-34-33(38)31-13-6-5-12-30(31)27-14-16-35(17-15-27)18-19-36-20-21-39-32(24-36)28-10-7-11-29(37)22-28/h2-13,20-22,24-25,27,37H,14-19,23H2,1H3,(H,34,38). The molecule has 0 radical (unpaired) electrons. The number of phenols is 1. The number of nitrogens with zero attached hydrogens (tertiary/aromatic N) is 2. The van der Waals surface area contributed by atoms with Crippen molar-refractivity contribution in [3.8, 4) is 5.75 Å². The molecular weight excluding hydrogens is 486 g/mol. The predicted molar refractivity (Wildman–Crippen MR) is 155 cm³/mol. The third kappa shape index (κ3) is 6.89. The lowest BCUT2D eigenvalue weighted by molar-refractivity contribution is 0.0949. The Bertz CT molecular complexity index is 1310. The van der Waals surface area contributed by atoms with Gasteiger partial charge in [0, 0.05) is 43.2 Å². The molecule has 0 aromatic heterocycles. The van der Waals surface area contributed by atoms with Gasteiger partial charge in [-0.25, -0.2) is 0 Å². The maximum Gasteiger partial charge on any atom is 0.251 e. The van der Waals surface area contributed by atoms with Crippen LogP contribution in [-0.2, 0) is 4.74 Å². The third-order valence-electron chi connectivity index (χ3n) is 7.71. The molecule has 1 saturated heterocycles. The number of nitrogens with one attached hydrogen (secondary N) is 1. The zero-order valence-corrected chi connectivity index (χ0v) is 22.5.